The van der Waals surface area contributed by atoms with Crippen LogP contribution >= 0.6 is 11.6 Å². The second-order valence-electron chi connectivity index (χ2n) is 6.15. The summed E-state index contributed by atoms with van der Waals surface area (Å²) in [6.45, 7) is 14.3. The van der Waals surface area contributed by atoms with E-state index in [2.05, 4.69) is 13.2 Å². The molecule has 135 valence electrons. The summed E-state index contributed by atoms with van der Waals surface area (Å²) < 4.78 is 11.2. The Kier molecular flexibility index (Phi) is 8.12. The van der Waals surface area contributed by atoms with Crippen LogP contribution in [0, 0.1) is 0 Å². The Morgan fingerprint density at radius 1 is 1.00 bits per heavy atom. The van der Waals surface area contributed by atoms with Gasteiger partial charge in [-0.05, 0) is 19.4 Å². The fraction of sp³-hybridized carbons (Fsp3) is 0.368. The normalized spacial score (nSPS) is 14.3. The summed E-state index contributed by atoms with van der Waals surface area (Å²) in [6.07, 6.45) is -1.64. The first-order valence-electron chi connectivity index (χ1n) is 7.87. The molecule has 0 amide bonds. The van der Waals surface area contributed by atoms with Gasteiger partial charge in [0.15, 0.2) is 12.2 Å². The van der Waals surface area contributed by atoms with Crippen LogP contribution in [0.4, 0.5) is 0 Å². The zero-order valence-corrected chi connectivity index (χ0v) is 16.8. The van der Waals surface area contributed by atoms with Crippen molar-refractivity contribution in [1.29, 1.82) is 0 Å². The van der Waals surface area contributed by atoms with Crippen LogP contribution < -0.4 is 0 Å². The van der Waals surface area contributed by atoms with Gasteiger partial charge in [-0.3, -0.25) is 0 Å². The topological polar surface area (TPSA) is 52.6 Å². The summed E-state index contributed by atoms with van der Waals surface area (Å²) in [5.41, 5.74) is 1.22. The predicted molar refractivity (Wildman–Crippen MR) is 102 cm³/mol. The molecule has 0 spiro atoms. The molecule has 1 aromatic rings. The molecule has 0 saturated carbocycles. The number of benzene rings is 1. The van der Waals surface area contributed by atoms with E-state index in [0.29, 0.717) is 5.56 Å². The van der Waals surface area contributed by atoms with Crippen LogP contribution in [-0.4, -0.2) is 31.8 Å². The van der Waals surface area contributed by atoms with Crippen molar-refractivity contribution in [3.63, 3.8) is 0 Å². The van der Waals surface area contributed by atoms with Crippen molar-refractivity contribution in [2.24, 2.45) is 0 Å². The Balaban J connectivity index is 3.30. The molecule has 3 atom stereocenters. The molecule has 0 fully saturated rings. The highest BCUT2D eigenvalue weighted by Crippen LogP contribution is 2.30. The van der Waals surface area contributed by atoms with Crippen LogP contribution in [-0.2, 0) is 19.1 Å². The van der Waals surface area contributed by atoms with Crippen LogP contribution in [0.5, 0.6) is 0 Å². The van der Waals surface area contributed by atoms with Gasteiger partial charge in [0.2, 0.25) is 0 Å². The minimum Gasteiger partial charge on any atom is -0.453 e. The summed E-state index contributed by atoms with van der Waals surface area (Å²) in [7, 11) is -1.04. The molecule has 0 N–H and O–H groups in total. The number of alkyl halides is 1. The van der Waals surface area contributed by atoms with Crippen molar-refractivity contribution in [2.75, 3.05) is 0 Å². The monoisotopic (exact) mass is 379 g/mol. The first kappa shape index (κ1) is 21.2. The molecule has 1 rings (SSSR count). The standard InChI is InChI=1S/C19H24ClO4Si/c1-12(2)18(21)23-15(14-10-8-7-9-11-14)16(17(20)25(5)6)24-19(22)13(3)4/h7-11,15-17H,1,3H2,2,4-6H3. The van der Waals surface area contributed by atoms with Gasteiger partial charge in [0.1, 0.15) is 0 Å². The first-order valence-corrected chi connectivity index (χ1v) is 10.9. The van der Waals surface area contributed by atoms with Gasteiger partial charge in [-0.2, -0.15) is 0 Å². The maximum Gasteiger partial charge on any atom is 0.333 e. The van der Waals surface area contributed by atoms with Gasteiger partial charge in [0, 0.05) is 11.1 Å². The summed E-state index contributed by atoms with van der Waals surface area (Å²) in [6, 6.07) is 9.10. The van der Waals surface area contributed by atoms with Crippen molar-refractivity contribution in [3.8, 4) is 0 Å². The molecule has 1 aromatic carbocycles. The van der Waals surface area contributed by atoms with Gasteiger partial charge in [-0.25, -0.2) is 9.59 Å². The highest BCUT2D eigenvalue weighted by atomic mass is 35.5. The lowest BCUT2D eigenvalue weighted by Gasteiger charge is -2.31. The Morgan fingerprint density at radius 2 is 1.48 bits per heavy atom. The Labute approximate surface area is 156 Å². The molecule has 1 radical (unpaired) electrons. The van der Waals surface area contributed by atoms with E-state index >= 15 is 0 Å². The summed E-state index contributed by atoms with van der Waals surface area (Å²) in [5.74, 6) is -1.12. The SMILES string of the molecule is C=C(C)C(=O)OC(c1ccccc1)C(OC(=O)C(=C)C)C(Cl)[Si](C)C. The number of ether oxygens (including phenoxy) is 2. The molecule has 3 unspecified atom stereocenters. The fourth-order valence-electron chi connectivity index (χ4n) is 2.01. The van der Waals surface area contributed by atoms with Gasteiger partial charge in [0.05, 0.1) is 13.8 Å². The van der Waals surface area contributed by atoms with Gasteiger partial charge in [0.25, 0.3) is 0 Å². The first-order chi connectivity index (χ1) is 11.6. The number of rotatable bonds is 8. The van der Waals surface area contributed by atoms with Gasteiger partial charge in [-0.15, -0.1) is 11.6 Å². The van der Waals surface area contributed by atoms with Gasteiger partial charge in [-0.1, -0.05) is 56.6 Å². The number of hydrogen-bond acceptors (Lipinski definition) is 4. The molecule has 0 aromatic heterocycles. The molecule has 4 nitrogen and oxygen atoms in total. The third-order valence-electron chi connectivity index (χ3n) is 3.44. The van der Waals surface area contributed by atoms with E-state index in [1.807, 2.05) is 31.3 Å². The zero-order valence-electron chi connectivity index (χ0n) is 15.0. The van der Waals surface area contributed by atoms with Crippen LogP contribution in [0.15, 0.2) is 54.6 Å². The maximum absolute atomic E-state index is 12.1. The molecule has 0 aliphatic carbocycles. The second-order valence-corrected chi connectivity index (χ2v) is 9.76. The number of carbonyl (C=O) groups excluding carboxylic acids is 2. The van der Waals surface area contributed by atoms with E-state index in [4.69, 9.17) is 21.1 Å². The summed E-state index contributed by atoms with van der Waals surface area (Å²) in [4.78, 5) is 24.2. The average Bonchev–Trinajstić information content (AvgIpc) is 2.57. The van der Waals surface area contributed by atoms with Crippen LogP contribution in [0.25, 0.3) is 0 Å². The quantitative estimate of drug-likeness (QED) is 0.293. The van der Waals surface area contributed by atoms with Gasteiger partial charge >= 0.3 is 11.9 Å². The summed E-state index contributed by atoms with van der Waals surface area (Å²) >= 11 is 6.56. The van der Waals surface area contributed by atoms with E-state index in [1.54, 1.807) is 26.0 Å². The van der Waals surface area contributed by atoms with Crippen molar-refractivity contribution >= 4 is 32.3 Å². The number of hydrogen-bond donors (Lipinski definition) is 0. The van der Waals surface area contributed by atoms with Crippen LogP contribution in [0.2, 0.25) is 13.1 Å². The lowest BCUT2D eigenvalue weighted by molar-refractivity contribution is -0.162. The van der Waals surface area contributed by atoms with Crippen molar-refractivity contribution in [2.45, 2.75) is 44.1 Å². The van der Waals surface area contributed by atoms with Crippen LogP contribution in [0.1, 0.15) is 25.5 Å². The highest BCUT2D eigenvalue weighted by Gasteiger charge is 2.38. The molecule has 0 bridgehead atoms. The Morgan fingerprint density at radius 3 is 1.92 bits per heavy atom. The third kappa shape index (κ3) is 6.18. The van der Waals surface area contributed by atoms with E-state index in [-0.39, 0.29) is 11.1 Å². The predicted octanol–water partition coefficient (Wildman–Crippen LogP) is 4.24. The Hall–Kier alpha value is -1.85. The highest BCUT2D eigenvalue weighted by molar-refractivity contribution is 6.67. The smallest absolute Gasteiger partial charge is 0.333 e. The molecular weight excluding hydrogens is 356 g/mol. The third-order valence-corrected chi connectivity index (χ3v) is 6.43. The van der Waals surface area contributed by atoms with E-state index in [9.17, 15) is 9.59 Å². The Bertz CT molecular complexity index is 642. The van der Waals surface area contributed by atoms with Crippen LogP contribution in [0.3, 0.4) is 0 Å². The fourth-order valence-corrected chi connectivity index (χ4v) is 3.09. The van der Waals surface area contributed by atoms with E-state index in [0.717, 1.165) is 0 Å². The van der Waals surface area contributed by atoms with E-state index in [1.165, 1.54) is 0 Å². The molecule has 0 saturated heterocycles. The van der Waals surface area contributed by atoms with Gasteiger partial charge < -0.3 is 9.47 Å². The zero-order chi connectivity index (χ0) is 19.1. The number of esters is 2. The van der Waals surface area contributed by atoms with Crippen molar-refractivity contribution < 1.29 is 19.1 Å². The minimum absolute atomic E-state index is 0.257. The number of carbonyl (C=O) groups is 2. The molecule has 0 aliphatic rings. The van der Waals surface area contributed by atoms with Crippen molar-refractivity contribution in [3.05, 3.63) is 60.2 Å². The summed E-state index contributed by atoms with van der Waals surface area (Å²) in [5, 5.41) is -0.462. The second kappa shape index (κ2) is 9.58. The number of halogens is 1. The molecule has 6 heteroatoms. The average molecular weight is 380 g/mol. The largest absolute Gasteiger partial charge is 0.453 e. The lowest BCUT2D eigenvalue weighted by atomic mass is 10.0. The molecule has 25 heavy (non-hydrogen) atoms. The van der Waals surface area contributed by atoms with E-state index < -0.39 is 37.9 Å². The van der Waals surface area contributed by atoms with Crippen molar-refractivity contribution in [1.82, 2.24) is 0 Å². The lowest BCUT2D eigenvalue weighted by Crippen LogP contribution is -2.42. The molecule has 0 heterocycles. The minimum atomic E-state index is -1.04. The molecule has 0 aliphatic heterocycles. The molecular formula is C19H24ClO4Si. The maximum atomic E-state index is 12.1.